The van der Waals surface area contributed by atoms with E-state index in [0.717, 1.165) is 65.7 Å². The Kier molecular flexibility index (Phi) is 6.34. The monoisotopic (exact) mass is 640 g/mol. The second-order valence-corrected chi connectivity index (χ2v) is 13.5. The van der Waals surface area contributed by atoms with Gasteiger partial charge in [-0.2, -0.15) is 0 Å². The van der Waals surface area contributed by atoms with E-state index in [1.165, 1.54) is 11.1 Å². The average Bonchev–Trinajstić information content (AvgIpc) is 3.18. The van der Waals surface area contributed by atoms with Crippen LogP contribution in [0.1, 0.15) is 34.1 Å². The highest BCUT2D eigenvalue weighted by Gasteiger charge is 2.35. The van der Waals surface area contributed by atoms with Crippen molar-refractivity contribution in [1.29, 1.82) is 0 Å². The molecule has 236 valence electrons. The summed E-state index contributed by atoms with van der Waals surface area (Å²) in [5.74, 6) is 0.425. The summed E-state index contributed by atoms with van der Waals surface area (Å²) in [5.41, 5.74) is 9.32. The maximum Gasteiger partial charge on any atom is 0.132 e. The van der Waals surface area contributed by atoms with E-state index in [0.29, 0.717) is 11.1 Å². The smallest absolute Gasteiger partial charge is 0.132 e. The van der Waals surface area contributed by atoms with E-state index in [4.69, 9.17) is 0 Å². The highest BCUT2D eigenvalue weighted by molar-refractivity contribution is 6.21. The fourth-order valence-electron chi connectivity index (χ4n) is 8.55. The number of hydrogen-bond donors (Lipinski definition) is 2. The minimum Gasteiger partial charge on any atom is -0.507 e. The van der Waals surface area contributed by atoms with Gasteiger partial charge in [-0.1, -0.05) is 158 Å². The van der Waals surface area contributed by atoms with Gasteiger partial charge in [0.05, 0.1) is 0 Å². The SMILES string of the molecule is Oc1c(-c2c(-c3ccccc3)cc3ccc4c5ccccc5ccc4c3c2O)c(-c2ccccc2)cc2c1C1C=Cc3ccccc3C1C=C2. The third kappa shape index (κ3) is 4.22. The molecule has 0 saturated carbocycles. The van der Waals surface area contributed by atoms with Crippen LogP contribution in [0.2, 0.25) is 0 Å². The lowest BCUT2D eigenvalue weighted by atomic mass is 9.70. The maximum absolute atomic E-state index is 12.9. The van der Waals surface area contributed by atoms with Crippen LogP contribution >= 0.6 is 0 Å². The van der Waals surface area contributed by atoms with Gasteiger partial charge in [0.15, 0.2) is 0 Å². The van der Waals surface area contributed by atoms with Crippen molar-refractivity contribution in [2.24, 2.45) is 0 Å². The normalized spacial score (nSPS) is 16.0. The molecule has 2 aliphatic carbocycles. The maximum atomic E-state index is 12.9. The first kappa shape index (κ1) is 28.6. The molecule has 10 rings (SSSR count). The topological polar surface area (TPSA) is 40.5 Å². The fourth-order valence-corrected chi connectivity index (χ4v) is 8.55. The Morgan fingerprint density at radius 2 is 1.02 bits per heavy atom. The molecule has 2 nitrogen and oxygen atoms in total. The van der Waals surface area contributed by atoms with Crippen LogP contribution < -0.4 is 0 Å². The van der Waals surface area contributed by atoms with Gasteiger partial charge in [-0.15, -0.1) is 0 Å². The van der Waals surface area contributed by atoms with E-state index in [1.54, 1.807) is 0 Å². The molecule has 2 atom stereocenters. The minimum absolute atomic E-state index is 0.0524. The predicted octanol–water partition coefficient (Wildman–Crippen LogP) is 12.5. The van der Waals surface area contributed by atoms with E-state index in [9.17, 15) is 10.2 Å². The molecule has 2 N–H and O–H groups in total. The van der Waals surface area contributed by atoms with Crippen molar-refractivity contribution >= 4 is 44.5 Å². The van der Waals surface area contributed by atoms with Gasteiger partial charge >= 0.3 is 0 Å². The minimum atomic E-state index is -0.0524. The summed E-state index contributed by atoms with van der Waals surface area (Å²) in [6.07, 6.45) is 8.86. The lowest BCUT2D eigenvalue weighted by Gasteiger charge is -2.34. The average molecular weight is 641 g/mol. The molecule has 2 unspecified atom stereocenters. The highest BCUT2D eigenvalue weighted by Crippen LogP contribution is 2.57. The number of phenols is 2. The zero-order valence-corrected chi connectivity index (χ0v) is 27.2. The van der Waals surface area contributed by atoms with Crippen LogP contribution in [-0.4, -0.2) is 10.2 Å². The Bertz CT molecular complexity index is 2720. The van der Waals surface area contributed by atoms with Gasteiger partial charge in [-0.25, -0.2) is 0 Å². The molecule has 0 aliphatic heterocycles. The van der Waals surface area contributed by atoms with E-state index >= 15 is 0 Å². The number of rotatable bonds is 3. The summed E-state index contributed by atoms with van der Waals surface area (Å²) < 4.78 is 0. The largest absolute Gasteiger partial charge is 0.507 e. The van der Waals surface area contributed by atoms with Crippen molar-refractivity contribution in [2.75, 3.05) is 0 Å². The first-order valence-corrected chi connectivity index (χ1v) is 17.2. The Hall–Kier alpha value is -6.38. The summed E-state index contributed by atoms with van der Waals surface area (Å²) in [4.78, 5) is 0. The molecule has 0 heterocycles. The van der Waals surface area contributed by atoms with Crippen molar-refractivity contribution < 1.29 is 10.2 Å². The lowest BCUT2D eigenvalue weighted by molar-refractivity contribution is 0.461. The summed E-state index contributed by atoms with van der Waals surface area (Å²) in [7, 11) is 0. The van der Waals surface area contributed by atoms with Crippen LogP contribution in [0.4, 0.5) is 0 Å². The number of phenolic OH excluding ortho intramolecular Hbond substituents is 2. The summed E-state index contributed by atoms with van der Waals surface area (Å²) in [6.45, 7) is 0. The van der Waals surface area contributed by atoms with E-state index in [-0.39, 0.29) is 23.3 Å². The summed E-state index contributed by atoms with van der Waals surface area (Å²) in [5, 5.41) is 31.8. The molecule has 0 aromatic heterocycles. The Morgan fingerprint density at radius 3 is 1.82 bits per heavy atom. The third-order valence-corrected chi connectivity index (χ3v) is 10.8. The first-order valence-electron chi connectivity index (χ1n) is 17.2. The van der Waals surface area contributed by atoms with Crippen molar-refractivity contribution in [2.45, 2.75) is 11.8 Å². The Balaban J connectivity index is 1.34. The zero-order valence-electron chi connectivity index (χ0n) is 27.2. The second kappa shape index (κ2) is 11.1. The molecular formula is C48H32O2. The Morgan fingerprint density at radius 1 is 0.420 bits per heavy atom. The first-order chi connectivity index (χ1) is 24.7. The van der Waals surface area contributed by atoms with Crippen LogP contribution in [0, 0.1) is 0 Å². The van der Waals surface area contributed by atoms with Crippen LogP contribution in [0.25, 0.3) is 77.9 Å². The molecule has 0 radical (unpaired) electrons. The molecule has 2 heteroatoms. The van der Waals surface area contributed by atoms with Gasteiger partial charge < -0.3 is 10.2 Å². The molecular weight excluding hydrogens is 609 g/mol. The van der Waals surface area contributed by atoms with Crippen molar-refractivity contribution in [3.8, 4) is 44.9 Å². The van der Waals surface area contributed by atoms with Crippen LogP contribution in [0.15, 0.2) is 158 Å². The van der Waals surface area contributed by atoms with E-state index < -0.39 is 0 Å². The zero-order chi connectivity index (χ0) is 33.3. The Labute approximate surface area is 290 Å². The number of hydrogen-bond acceptors (Lipinski definition) is 2. The van der Waals surface area contributed by atoms with Crippen LogP contribution in [-0.2, 0) is 0 Å². The second-order valence-electron chi connectivity index (χ2n) is 13.5. The third-order valence-electron chi connectivity index (χ3n) is 10.8. The molecule has 0 fully saturated rings. The summed E-state index contributed by atoms with van der Waals surface area (Å²) in [6, 6.07) is 50.3. The fraction of sp³-hybridized carbons (Fsp3) is 0.0417. The number of allylic oxidation sites excluding steroid dienone is 2. The van der Waals surface area contributed by atoms with Gasteiger partial charge in [0, 0.05) is 33.9 Å². The standard InChI is InChI=1S/C48H32O2/c49-47-43-33(21-23-37-35-17-9-7-15-31(35)19-25-39(37)43)27-41(29-11-3-1-4-12-29)45(47)46-42(30-13-5-2-6-14-30)28-34-22-24-38-36-18-10-8-16-32(36)20-26-40(38)44(34)48(46)50/h1-28,37,39,49-50H. The van der Waals surface area contributed by atoms with Gasteiger partial charge in [0.2, 0.25) is 0 Å². The lowest BCUT2D eigenvalue weighted by Crippen LogP contribution is -2.16. The molecule has 8 aromatic rings. The molecule has 0 saturated heterocycles. The predicted molar refractivity (Wildman–Crippen MR) is 209 cm³/mol. The summed E-state index contributed by atoms with van der Waals surface area (Å²) >= 11 is 0. The highest BCUT2D eigenvalue weighted by atomic mass is 16.3. The molecule has 8 aromatic carbocycles. The molecule has 50 heavy (non-hydrogen) atoms. The molecule has 2 aliphatic rings. The van der Waals surface area contributed by atoms with Gasteiger partial charge in [0.25, 0.3) is 0 Å². The van der Waals surface area contributed by atoms with Gasteiger partial charge in [0.1, 0.15) is 11.5 Å². The number of aromatic hydroxyl groups is 2. The number of benzene rings is 8. The molecule has 0 bridgehead atoms. The van der Waals surface area contributed by atoms with Crippen LogP contribution in [0.5, 0.6) is 11.5 Å². The van der Waals surface area contributed by atoms with E-state index in [2.05, 4.69) is 133 Å². The van der Waals surface area contributed by atoms with Crippen molar-refractivity contribution in [3.63, 3.8) is 0 Å². The van der Waals surface area contributed by atoms with Crippen molar-refractivity contribution in [3.05, 3.63) is 180 Å². The molecule has 0 amide bonds. The van der Waals surface area contributed by atoms with Crippen LogP contribution in [0.3, 0.4) is 0 Å². The van der Waals surface area contributed by atoms with Gasteiger partial charge in [-0.3, -0.25) is 0 Å². The van der Waals surface area contributed by atoms with E-state index in [1.807, 2.05) is 36.4 Å². The van der Waals surface area contributed by atoms with Gasteiger partial charge in [-0.05, 0) is 78.0 Å². The number of fused-ring (bicyclic) bond motifs is 10. The quantitative estimate of drug-likeness (QED) is 0.189. The molecule has 0 spiro atoms. The van der Waals surface area contributed by atoms with Crippen molar-refractivity contribution in [1.82, 2.24) is 0 Å².